The molecule has 1 aromatic carbocycles. The summed E-state index contributed by atoms with van der Waals surface area (Å²) < 4.78 is 5.32. The number of hydrogen-bond acceptors (Lipinski definition) is 5. The molecule has 0 aliphatic heterocycles. The SMILES string of the molecule is CC(C)NC(=O)CNC(=O)COC(=O)CNC(=O)c1ccccc1Br. The number of carbonyl (C=O) groups is 4. The molecule has 0 radical (unpaired) electrons. The number of benzene rings is 1. The van der Waals surface area contributed by atoms with Crippen LogP contribution in [0.2, 0.25) is 0 Å². The molecule has 0 saturated heterocycles. The van der Waals surface area contributed by atoms with Crippen LogP contribution in [0.25, 0.3) is 0 Å². The van der Waals surface area contributed by atoms with Crippen molar-refractivity contribution in [1.29, 1.82) is 0 Å². The molecular weight excluding hydrogens is 394 g/mol. The van der Waals surface area contributed by atoms with Crippen molar-refractivity contribution < 1.29 is 23.9 Å². The van der Waals surface area contributed by atoms with E-state index in [2.05, 4.69) is 31.9 Å². The van der Waals surface area contributed by atoms with Crippen molar-refractivity contribution in [2.45, 2.75) is 19.9 Å². The summed E-state index contributed by atoms with van der Waals surface area (Å²) in [7, 11) is 0. The van der Waals surface area contributed by atoms with Crippen LogP contribution < -0.4 is 16.0 Å². The number of amides is 3. The van der Waals surface area contributed by atoms with Crippen molar-refractivity contribution >= 4 is 39.6 Å². The van der Waals surface area contributed by atoms with E-state index in [0.717, 1.165) is 0 Å². The highest BCUT2D eigenvalue weighted by Crippen LogP contribution is 2.15. The van der Waals surface area contributed by atoms with E-state index in [1.54, 1.807) is 38.1 Å². The standard InChI is InChI=1S/C16H20BrN3O5/c1-10(2)20-13(21)7-18-14(22)9-25-15(23)8-19-16(24)11-5-3-4-6-12(11)17/h3-6,10H,7-9H2,1-2H3,(H,18,22)(H,19,24)(H,20,21). The summed E-state index contributed by atoms with van der Waals surface area (Å²) in [6, 6.07) is 6.72. The molecule has 0 fully saturated rings. The molecular formula is C16H20BrN3O5. The minimum Gasteiger partial charge on any atom is -0.454 e. The molecule has 0 aliphatic rings. The Labute approximate surface area is 153 Å². The Bertz CT molecular complexity index is 648. The van der Waals surface area contributed by atoms with Gasteiger partial charge in [-0.3, -0.25) is 19.2 Å². The van der Waals surface area contributed by atoms with Crippen LogP contribution in [0.15, 0.2) is 28.7 Å². The number of nitrogens with one attached hydrogen (secondary N) is 3. The molecule has 0 aliphatic carbocycles. The lowest BCUT2D eigenvalue weighted by atomic mass is 10.2. The van der Waals surface area contributed by atoms with Gasteiger partial charge >= 0.3 is 5.97 Å². The molecule has 0 spiro atoms. The molecule has 3 N–H and O–H groups in total. The number of hydrogen-bond donors (Lipinski definition) is 3. The molecule has 0 unspecified atom stereocenters. The first-order chi connectivity index (χ1) is 11.8. The van der Waals surface area contributed by atoms with E-state index in [1.165, 1.54) is 0 Å². The normalized spacial score (nSPS) is 10.1. The zero-order valence-electron chi connectivity index (χ0n) is 13.9. The topological polar surface area (TPSA) is 114 Å². The molecule has 0 aromatic heterocycles. The van der Waals surface area contributed by atoms with Crippen LogP contribution >= 0.6 is 15.9 Å². The first kappa shape index (κ1) is 20.6. The number of rotatable bonds is 8. The zero-order chi connectivity index (χ0) is 18.8. The van der Waals surface area contributed by atoms with Gasteiger partial charge in [0.05, 0.1) is 12.1 Å². The van der Waals surface area contributed by atoms with E-state index in [1.807, 2.05) is 0 Å². The average Bonchev–Trinajstić information content (AvgIpc) is 2.55. The first-order valence-corrected chi connectivity index (χ1v) is 8.33. The fraction of sp³-hybridized carbons (Fsp3) is 0.375. The van der Waals surface area contributed by atoms with Gasteiger partial charge in [-0.25, -0.2) is 0 Å². The Morgan fingerprint density at radius 2 is 1.72 bits per heavy atom. The highest BCUT2D eigenvalue weighted by atomic mass is 79.9. The summed E-state index contributed by atoms with van der Waals surface area (Å²) in [6.45, 7) is 2.49. The fourth-order valence-electron chi connectivity index (χ4n) is 1.69. The monoisotopic (exact) mass is 413 g/mol. The molecule has 3 amide bonds. The maximum Gasteiger partial charge on any atom is 0.325 e. The average molecular weight is 414 g/mol. The van der Waals surface area contributed by atoms with Crippen molar-refractivity contribution in [3.05, 3.63) is 34.3 Å². The molecule has 1 rings (SSSR count). The molecule has 0 saturated carbocycles. The lowest BCUT2D eigenvalue weighted by Gasteiger charge is -2.10. The van der Waals surface area contributed by atoms with Crippen molar-refractivity contribution in [2.75, 3.05) is 19.7 Å². The molecule has 25 heavy (non-hydrogen) atoms. The highest BCUT2D eigenvalue weighted by molar-refractivity contribution is 9.10. The van der Waals surface area contributed by atoms with Gasteiger partial charge in [-0.05, 0) is 41.9 Å². The van der Waals surface area contributed by atoms with Crippen LogP contribution in [0, 0.1) is 0 Å². The summed E-state index contributed by atoms with van der Waals surface area (Å²) >= 11 is 3.23. The zero-order valence-corrected chi connectivity index (χ0v) is 15.5. The summed E-state index contributed by atoms with van der Waals surface area (Å²) in [5, 5.41) is 7.32. The first-order valence-electron chi connectivity index (χ1n) is 7.54. The van der Waals surface area contributed by atoms with Crippen LogP contribution in [0.5, 0.6) is 0 Å². The van der Waals surface area contributed by atoms with Crippen LogP contribution in [0.3, 0.4) is 0 Å². The van der Waals surface area contributed by atoms with Gasteiger partial charge in [0, 0.05) is 10.5 Å². The van der Waals surface area contributed by atoms with Gasteiger partial charge in [0.25, 0.3) is 11.8 Å². The minimum atomic E-state index is -0.762. The Morgan fingerprint density at radius 1 is 1.04 bits per heavy atom. The number of ether oxygens (including phenoxy) is 1. The van der Waals surface area contributed by atoms with Gasteiger partial charge in [-0.2, -0.15) is 0 Å². The van der Waals surface area contributed by atoms with Crippen molar-refractivity contribution in [2.24, 2.45) is 0 Å². The van der Waals surface area contributed by atoms with E-state index in [9.17, 15) is 19.2 Å². The van der Waals surface area contributed by atoms with Crippen molar-refractivity contribution in [3.8, 4) is 0 Å². The second-order valence-electron chi connectivity index (χ2n) is 5.32. The third-order valence-electron chi connectivity index (χ3n) is 2.77. The summed E-state index contributed by atoms with van der Waals surface area (Å²) in [5.41, 5.74) is 0.379. The smallest absolute Gasteiger partial charge is 0.325 e. The van der Waals surface area contributed by atoms with Gasteiger partial charge in [0.1, 0.15) is 6.54 Å². The van der Waals surface area contributed by atoms with Gasteiger partial charge in [-0.15, -0.1) is 0 Å². The minimum absolute atomic E-state index is 0.0320. The summed E-state index contributed by atoms with van der Waals surface area (Å²) in [5.74, 6) is -2.15. The molecule has 8 nitrogen and oxygen atoms in total. The fourth-order valence-corrected chi connectivity index (χ4v) is 2.16. The molecule has 0 atom stereocenters. The van der Waals surface area contributed by atoms with Gasteiger partial charge in [-0.1, -0.05) is 12.1 Å². The second-order valence-corrected chi connectivity index (χ2v) is 6.18. The highest BCUT2D eigenvalue weighted by Gasteiger charge is 2.13. The van der Waals surface area contributed by atoms with Crippen LogP contribution in [-0.4, -0.2) is 49.4 Å². The predicted molar refractivity (Wildman–Crippen MR) is 93.7 cm³/mol. The maximum absolute atomic E-state index is 11.9. The predicted octanol–water partition coefficient (Wildman–Crippen LogP) is 0.363. The van der Waals surface area contributed by atoms with Gasteiger partial charge in [0.15, 0.2) is 6.61 Å². The van der Waals surface area contributed by atoms with E-state index >= 15 is 0 Å². The molecule has 1 aromatic rings. The summed E-state index contributed by atoms with van der Waals surface area (Å²) in [4.78, 5) is 46.3. The van der Waals surface area contributed by atoms with Crippen LogP contribution in [0.1, 0.15) is 24.2 Å². The van der Waals surface area contributed by atoms with E-state index < -0.39 is 24.4 Å². The quantitative estimate of drug-likeness (QED) is 0.532. The Hall–Kier alpha value is -2.42. The number of halogens is 1. The van der Waals surface area contributed by atoms with Crippen molar-refractivity contribution in [3.63, 3.8) is 0 Å². The summed E-state index contributed by atoms with van der Waals surface area (Å²) in [6.07, 6.45) is 0. The van der Waals surface area contributed by atoms with Gasteiger partial charge in [0.2, 0.25) is 5.91 Å². The molecule has 0 heterocycles. The molecule has 9 heteroatoms. The Morgan fingerprint density at radius 3 is 2.36 bits per heavy atom. The third kappa shape index (κ3) is 8.30. The van der Waals surface area contributed by atoms with Gasteiger partial charge < -0.3 is 20.7 Å². The second kappa shape index (κ2) is 10.4. The van der Waals surface area contributed by atoms with Crippen LogP contribution in [-0.2, 0) is 19.1 Å². The van der Waals surface area contributed by atoms with E-state index in [-0.39, 0.29) is 25.0 Å². The van der Waals surface area contributed by atoms with Crippen molar-refractivity contribution in [1.82, 2.24) is 16.0 Å². The third-order valence-corrected chi connectivity index (χ3v) is 3.46. The number of carbonyl (C=O) groups excluding carboxylic acids is 4. The van der Waals surface area contributed by atoms with E-state index in [4.69, 9.17) is 4.74 Å². The lowest BCUT2D eigenvalue weighted by Crippen LogP contribution is -2.41. The lowest BCUT2D eigenvalue weighted by molar-refractivity contribution is -0.147. The maximum atomic E-state index is 11.9. The number of esters is 1. The van der Waals surface area contributed by atoms with Crippen LogP contribution in [0.4, 0.5) is 0 Å². The Kier molecular flexibility index (Phi) is 8.62. The van der Waals surface area contributed by atoms with E-state index in [0.29, 0.717) is 10.0 Å². The molecule has 136 valence electrons. The largest absolute Gasteiger partial charge is 0.454 e. The Balaban J connectivity index is 2.26. The molecule has 0 bridgehead atoms.